The number of aryl methyl sites for hydroxylation is 1. The fourth-order valence-electron chi connectivity index (χ4n) is 2.74. The summed E-state index contributed by atoms with van der Waals surface area (Å²) < 4.78 is 0. The average Bonchev–Trinajstić information content (AvgIpc) is 2.51. The molecule has 2 aromatic carbocycles. The van der Waals surface area contributed by atoms with Crippen molar-refractivity contribution in [2.24, 2.45) is 5.92 Å². The molecule has 1 heteroatoms. The molecule has 1 aliphatic carbocycles. The zero-order valence-corrected chi connectivity index (χ0v) is 12.7. The predicted molar refractivity (Wildman–Crippen MR) is 90.8 cm³/mol. The van der Waals surface area contributed by atoms with Gasteiger partial charge in [0.05, 0.1) is 0 Å². The number of benzene rings is 2. The molecular formula is C20H21N. The number of allylic oxidation sites excluding steroid dienone is 4. The fraction of sp³-hybridized carbons (Fsp3) is 0.200. The van der Waals surface area contributed by atoms with Crippen LogP contribution in [0, 0.1) is 12.8 Å². The first-order valence-corrected chi connectivity index (χ1v) is 7.53. The van der Waals surface area contributed by atoms with E-state index in [1.54, 1.807) is 0 Å². The lowest BCUT2D eigenvalue weighted by atomic mass is 9.98. The van der Waals surface area contributed by atoms with Gasteiger partial charge in [0.1, 0.15) is 0 Å². The SMILES string of the molecule is Cc1ccc(N(C2=CC=CC(C)C2)c2ccccc2)cc1. The van der Waals surface area contributed by atoms with Crippen molar-refractivity contribution in [3.63, 3.8) is 0 Å². The van der Waals surface area contributed by atoms with Crippen molar-refractivity contribution >= 4 is 11.4 Å². The third-order valence-electron chi connectivity index (χ3n) is 3.85. The second-order valence-electron chi connectivity index (χ2n) is 5.73. The highest BCUT2D eigenvalue weighted by molar-refractivity contribution is 5.69. The third-order valence-corrected chi connectivity index (χ3v) is 3.85. The second-order valence-corrected chi connectivity index (χ2v) is 5.73. The first-order valence-electron chi connectivity index (χ1n) is 7.53. The van der Waals surface area contributed by atoms with E-state index in [1.165, 1.54) is 22.6 Å². The van der Waals surface area contributed by atoms with Gasteiger partial charge in [-0.3, -0.25) is 0 Å². The van der Waals surface area contributed by atoms with Crippen molar-refractivity contribution in [3.8, 4) is 0 Å². The van der Waals surface area contributed by atoms with Crippen LogP contribution in [0.3, 0.4) is 0 Å². The Kier molecular flexibility index (Phi) is 3.92. The Morgan fingerprint density at radius 1 is 0.905 bits per heavy atom. The Morgan fingerprint density at radius 3 is 2.24 bits per heavy atom. The molecule has 0 aromatic heterocycles. The number of para-hydroxylation sites is 1. The Hall–Kier alpha value is -2.28. The molecule has 0 heterocycles. The van der Waals surface area contributed by atoms with Crippen LogP contribution in [0.25, 0.3) is 0 Å². The van der Waals surface area contributed by atoms with Gasteiger partial charge in [-0.15, -0.1) is 0 Å². The summed E-state index contributed by atoms with van der Waals surface area (Å²) in [4.78, 5) is 2.36. The highest BCUT2D eigenvalue weighted by atomic mass is 15.1. The van der Waals surface area contributed by atoms with Gasteiger partial charge in [-0.05, 0) is 49.6 Å². The molecule has 106 valence electrons. The van der Waals surface area contributed by atoms with E-state index in [4.69, 9.17) is 0 Å². The summed E-state index contributed by atoms with van der Waals surface area (Å²) in [6, 6.07) is 19.3. The number of hydrogen-bond donors (Lipinski definition) is 0. The summed E-state index contributed by atoms with van der Waals surface area (Å²) in [5.74, 6) is 0.585. The molecule has 0 saturated heterocycles. The molecule has 1 atom stereocenters. The van der Waals surface area contributed by atoms with E-state index in [-0.39, 0.29) is 0 Å². The van der Waals surface area contributed by atoms with E-state index in [1.807, 2.05) is 0 Å². The molecule has 2 aromatic rings. The van der Waals surface area contributed by atoms with Crippen molar-refractivity contribution in [3.05, 3.63) is 84.1 Å². The normalized spacial score (nSPS) is 17.4. The predicted octanol–water partition coefficient (Wildman–Crippen LogP) is 5.61. The number of hydrogen-bond acceptors (Lipinski definition) is 1. The lowest BCUT2D eigenvalue weighted by molar-refractivity contribution is 0.696. The Balaban J connectivity index is 2.05. The van der Waals surface area contributed by atoms with Gasteiger partial charge in [-0.1, -0.05) is 55.0 Å². The molecule has 0 N–H and O–H groups in total. The maximum absolute atomic E-state index is 2.36. The average molecular weight is 275 g/mol. The summed E-state index contributed by atoms with van der Waals surface area (Å²) in [5.41, 5.74) is 5.08. The van der Waals surface area contributed by atoms with Crippen LogP contribution in [0.5, 0.6) is 0 Å². The van der Waals surface area contributed by atoms with E-state index in [2.05, 4.69) is 91.6 Å². The molecule has 0 amide bonds. The third kappa shape index (κ3) is 3.08. The van der Waals surface area contributed by atoms with Crippen LogP contribution in [0.1, 0.15) is 18.9 Å². The van der Waals surface area contributed by atoms with Crippen LogP contribution in [0.4, 0.5) is 11.4 Å². The molecule has 0 aliphatic heterocycles. The summed E-state index contributed by atoms with van der Waals surface area (Å²) >= 11 is 0. The molecule has 1 unspecified atom stereocenters. The monoisotopic (exact) mass is 275 g/mol. The van der Waals surface area contributed by atoms with Crippen molar-refractivity contribution < 1.29 is 0 Å². The van der Waals surface area contributed by atoms with Crippen LogP contribution >= 0.6 is 0 Å². The van der Waals surface area contributed by atoms with E-state index >= 15 is 0 Å². The van der Waals surface area contributed by atoms with Crippen LogP contribution in [0.2, 0.25) is 0 Å². The molecule has 0 fully saturated rings. The molecule has 0 spiro atoms. The molecule has 1 nitrogen and oxygen atoms in total. The van der Waals surface area contributed by atoms with Gasteiger partial charge in [-0.2, -0.15) is 0 Å². The van der Waals surface area contributed by atoms with Gasteiger partial charge < -0.3 is 4.90 Å². The maximum atomic E-state index is 2.36. The first-order chi connectivity index (χ1) is 10.2. The first kappa shape index (κ1) is 13.7. The van der Waals surface area contributed by atoms with Gasteiger partial charge in [0.2, 0.25) is 0 Å². The standard InChI is InChI=1S/C20H21N/c1-16-11-13-19(14-12-16)21(18-8-4-3-5-9-18)20-10-6-7-17(2)15-20/h3-14,17H,15H2,1-2H3. The molecule has 0 radical (unpaired) electrons. The minimum atomic E-state index is 0.585. The molecule has 1 aliphatic rings. The van der Waals surface area contributed by atoms with Gasteiger partial charge in [0.15, 0.2) is 0 Å². The summed E-state index contributed by atoms with van der Waals surface area (Å²) in [7, 11) is 0. The molecule has 3 rings (SSSR count). The van der Waals surface area contributed by atoms with E-state index in [9.17, 15) is 0 Å². The highest BCUT2D eigenvalue weighted by Gasteiger charge is 2.17. The Labute approximate surface area is 127 Å². The lowest BCUT2D eigenvalue weighted by Crippen LogP contribution is -2.19. The van der Waals surface area contributed by atoms with Gasteiger partial charge >= 0.3 is 0 Å². The van der Waals surface area contributed by atoms with Gasteiger partial charge in [-0.25, -0.2) is 0 Å². The Bertz CT molecular complexity index is 650. The fourth-order valence-corrected chi connectivity index (χ4v) is 2.74. The van der Waals surface area contributed by atoms with Crippen LogP contribution in [0.15, 0.2) is 78.5 Å². The molecule has 0 bridgehead atoms. The molecule has 21 heavy (non-hydrogen) atoms. The van der Waals surface area contributed by atoms with Crippen molar-refractivity contribution in [2.45, 2.75) is 20.3 Å². The zero-order valence-electron chi connectivity index (χ0n) is 12.7. The van der Waals surface area contributed by atoms with Gasteiger partial charge in [0.25, 0.3) is 0 Å². The minimum absolute atomic E-state index is 0.585. The van der Waals surface area contributed by atoms with Gasteiger partial charge in [0, 0.05) is 17.1 Å². The van der Waals surface area contributed by atoms with E-state index in [0.29, 0.717) is 5.92 Å². The van der Waals surface area contributed by atoms with E-state index < -0.39 is 0 Å². The second kappa shape index (κ2) is 6.01. The summed E-state index contributed by atoms with van der Waals surface area (Å²) in [6.07, 6.45) is 7.74. The van der Waals surface area contributed by atoms with Crippen LogP contribution < -0.4 is 4.90 Å². The van der Waals surface area contributed by atoms with Crippen molar-refractivity contribution in [1.82, 2.24) is 0 Å². The highest BCUT2D eigenvalue weighted by Crippen LogP contribution is 2.34. The quantitative estimate of drug-likeness (QED) is 0.703. The van der Waals surface area contributed by atoms with Crippen molar-refractivity contribution in [2.75, 3.05) is 4.90 Å². The summed E-state index contributed by atoms with van der Waals surface area (Å²) in [5, 5.41) is 0. The number of nitrogens with zero attached hydrogens (tertiary/aromatic N) is 1. The minimum Gasteiger partial charge on any atom is -0.314 e. The van der Waals surface area contributed by atoms with E-state index in [0.717, 1.165) is 6.42 Å². The van der Waals surface area contributed by atoms with Crippen LogP contribution in [-0.4, -0.2) is 0 Å². The summed E-state index contributed by atoms with van der Waals surface area (Å²) in [6.45, 7) is 4.39. The Morgan fingerprint density at radius 2 is 1.57 bits per heavy atom. The molecular weight excluding hydrogens is 254 g/mol. The zero-order chi connectivity index (χ0) is 14.7. The smallest absolute Gasteiger partial charge is 0.0458 e. The number of anilines is 2. The topological polar surface area (TPSA) is 3.24 Å². The van der Waals surface area contributed by atoms with Crippen molar-refractivity contribution in [1.29, 1.82) is 0 Å². The number of rotatable bonds is 3. The lowest BCUT2D eigenvalue weighted by Gasteiger charge is -2.30. The molecule has 0 saturated carbocycles. The van der Waals surface area contributed by atoms with Crippen LogP contribution in [-0.2, 0) is 0 Å². The maximum Gasteiger partial charge on any atom is 0.0458 e. The largest absolute Gasteiger partial charge is 0.314 e.